The highest BCUT2D eigenvalue weighted by atomic mass is 19.4. The van der Waals surface area contributed by atoms with Crippen molar-refractivity contribution in [3.63, 3.8) is 0 Å². The topological polar surface area (TPSA) is 43.3 Å². The van der Waals surface area contributed by atoms with E-state index >= 15 is 0 Å². The predicted molar refractivity (Wildman–Crippen MR) is 129 cm³/mol. The summed E-state index contributed by atoms with van der Waals surface area (Å²) in [6.07, 6.45) is -0.846. The van der Waals surface area contributed by atoms with Gasteiger partial charge in [0.05, 0.1) is 24.6 Å². The van der Waals surface area contributed by atoms with Gasteiger partial charge in [0.15, 0.2) is 5.76 Å². The Hall–Kier alpha value is -3.27. The molecule has 0 fully saturated rings. The van der Waals surface area contributed by atoms with Gasteiger partial charge in [-0.1, -0.05) is 37.3 Å². The molecule has 10 heteroatoms. The van der Waals surface area contributed by atoms with Crippen molar-refractivity contribution in [3.05, 3.63) is 82.2 Å². The van der Waals surface area contributed by atoms with Gasteiger partial charge in [-0.2, -0.15) is 31.8 Å². The smallest absolute Gasteiger partial charge is 0.408 e. The Kier molecular flexibility index (Phi) is 8.73. The second-order valence-electron chi connectivity index (χ2n) is 8.88. The number of alkyl halides is 6. The molecule has 1 aliphatic rings. The molecule has 4 nitrogen and oxygen atoms in total. The molecule has 1 heterocycles. The normalized spacial score (nSPS) is 17.2. The van der Waals surface area contributed by atoms with Crippen LogP contribution in [0.15, 0.2) is 54.3 Å². The first kappa shape index (κ1) is 28.3. The number of rotatable bonds is 9. The number of aromatic nitrogens is 1. The Morgan fingerprint density at radius 3 is 2.51 bits per heavy atom. The highest BCUT2D eigenvalue weighted by Gasteiger charge is 2.38. The van der Waals surface area contributed by atoms with E-state index in [0.29, 0.717) is 18.1 Å². The maximum Gasteiger partial charge on any atom is 0.416 e. The number of halogens is 6. The molecule has 2 unspecified atom stereocenters. The van der Waals surface area contributed by atoms with Gasteiger partial charge in [-0.3, -0.25) is 0 Å². The van der Waals surface area contributed by atoms with E-state index in [4.69, 9.17) is 4.84 Å². The van der Waals surface area contributed by atoms with E-state index in [1.807, 2.05) is 37.3 Å². The maximum atomic E-state index is 13.7. The average Bonchev–Trinajstić information content (AvgIpc) is 3.07. The number of aldehydes is 1. The maximum absolute atomic E-state index is 13.7. The molecule has 0 aliphatic heterocycles. The summed E-state index contributed by atoms with van der Waals surface area (Å²) in [5, 5.41) is 0. The molecule has 1 N–H and O–H groups in total. The van der Waals surface area contributed by atoms with Crippen LogP contribution in [-0.2, 0) is 28.8 Å². The number of fused-ring (bicyclic) bond motifs is 1. The Labute approximate surface area is 211 Å². The number of carbonyl (C=O) groups is 1. The van der Waals surface area contributed by atoms with Gasteiger partial charge in [0, 0.05) is 23.4 Å². The SMILES string of the molecule is CC/C(C)=C(\ONC(C)C1C=CC=Cc2c1ccn2CC=O)c1ccc(CC(F)(F)F)c(C(F)(F)F)c1. The van der Waals surface area contributed by atoms with Gasteiger partial charge in [0.2, 0.25) is 0 Å². The van der Waals surface area contributed by atoms with Crippen LogP contribution in [0.4, 0.5) is 26.3 Å². The van der Waals surface area contributed by atoms with E-state index in [-0.39, 0.29) is 29.8 Å². The molecule has 3 rings (SSSR count). The van der Waals surface area contributed by atoms with Crippen LogP contribution in [0.3, 0.4) is 0 Å². The highest BCUT2D eigenvalue weighted by molar-refractivity contribution is 5.64. The van der Waals surface area contributed by atoms with Crippen LogP contribution in [0.1, 0.15) is 61.1 Å². The Morgan fingerprint density at radius 2 is 1.89 bits per heavy atom. The van der Waals surface area contributed by atoms with Crippen LogP contribution in [-0.4, -0.2) is 23.1 Å². The van der Waals surface area contributed by atoms with Crippen molar-refractivity contribution in [2.75, 3.05) is 0 Å². The first-order valence-electron chi connectivity index (χ1n) is 11.7. The van der Waals surface area contributed by atoms with Gasteiger partial charge >= 0.3 is 12.4 Å². The molecule has 0 bridgehead atoms. The number of hydrogen-bond donors (Lipinski definition) is 1. The zero-order chi connectivity index (χ0) is 27.4. The summed E-state index contributed by atoms with van der Waals surface area (Å²) >= 11 is 0. The molecule has 37 heavy (non-hydrogen) atoms. The zero-order valence-electron chi connectivity index (χ0n) is 20.6. The molecule has 200 valence electrons. The van der Waals surface area contributed by atoms with Crippen molar-refractivity contribution >= 4 is 18.1 Å². The molecule has 0 amide bonds. The number of nitrogens with one attached hydrogen (secondary N) is 1. The quantitative estimate of drug-likeness (QED) is 0.162. The predicted octanol–water partition coefficient (Wildman–Crippen LogP) is 7.23. The number of carbonyl (C=O) groups excluding carboxylic acids is 1. The fraction of sp³-hybridized carbons (Fsp3) is 0.370. The number of hydroxylamine groups is 1. The van der Waals surface area contributed by atoms with E-state index in [1.54, 1.807) is 24.6 Å². The van der Waals surface area contributed by atoms with Crippen molar-refractivity contribution in [2.45, 2.75) is 64.5 Å². The molecule has 1 aromatic carbocycles. The summed E-state index contributed by atoms with van der Waals surface area (Å²) in [5.41, 5.74) is 3.14. The summed E-state index contributed by atoms with van der Waals surface area (Å²) in [6, 6.07) is 4.31. The van der Waals surface area contributed by atoms with E-state index in [2.05, 4.69) is 5.48 Å². The van der Waals surface area contributed by atoms with Crippen LogP contribution < -0.4 is 5.48 Å². The number of nitrogens with zero attached hydrogens (tertiary/aromatic N) is 1. The summed E-state index contributed by atoms with van der Waals surface area (Å²) in [7, 11) is 0. The zero-order valence-corrected chi connectivity index (χ0v) is 20.6. The molecule has 0 saturated heterocycles. The Morgan fingerprint density at radius 1 is 1.16 bits per heavy atom. The minimum atomic E-state index is -4.97. The van der Waals surface area contributed by atoms with Crippen molar-refractivity contribution in [1.82, 2.24) is 10.0 Å². The molecule has 1 aliphatic carbocycles. The summed E-state index contributed by atoms with van der Waals surface area (Å²) in [4.78, 5) is 16.9. The third-order valence-corrected chi connectivity index (χ3v) is 6.23. The van der Waals surface area contributed by atoms with Crippen molar-refractivity contribution in [2.24, 2.45) is 0 Å². The van der Waals surface area contributed by atoms with Crippen molar-refractivity contribution in [1.29, 1.82) is 0 Å². The van der Waals surface area contributed by atoms with Crippen molar-refractivity contribution < 1.29 is 36.0 Å². The first-order valence-corrected chi connectivity index (χ1v) is 11.7. The molecule has 1 aromatic heterocycles. The molecule has 2 aromatic rings. The summed E-state index contributed by atoms with van der Waals surface area (Å²) in [5.74, 6) is -0.0751. The summed E-state index contributed by atoms with van der Waals surface area (Å²) < 4.78 is 81.4. The second kappa shape index (κ2) is 11.4. The van der Waals surface area contributed by atoms with Crippen LogP contribution in [0.5, 0.6) is 0 Å². The molecular weight excluding hydrogens is 498 g/mol. The van der Waals surface area contributed by atoms with E-state index in [9.17, 15) is 31.1 Å². The molecule has 0 spiro atoms. The molecule has 2 atom stereocenters. The minimum absolute atomic E-state index is 0.0215. The molecule has 0 radical (unpaired) electrons. The van der Waals surface area contributed by atoms with Gasteiger partial charge < -0.3 is 14.2 Å². The van der Waals surface area contributed by atoms with Gasteiger partial charge in [-0.25, -0.2) is 0 Å². The third-order valence-electron chi connectivity index (χ3n) is 6.23. The standard InChI is InChI=1S/C27H28F6N2O2/c1-4-17(2)25(19-9-10-20(16-26(28,29)30)23(15-19)27(31,32)33)37-34-18(3)21-7-5-6-8-24-22(21)11-12-35(24)13-14-36/h5-12,14-15,18,21,34H,4,13,16H2,1-3H3/b25-17-. The fourth-order valence-corrected chi connectivity index (χ4v) is 4.22. The monoisotopic (exact) mass is 526 g/mol. The molecule has 0 saturated carbocycles. The first-order chi connectivity index (χ1) is 17.4. The fourth-order valence-electron chi connectivity index (χ4n) is 4.22. The third kappa shape index (κ3) is 6.94. The van der Waals surface area contributed by atoms with E-state index < -0.39 is 29.9 Å². The van der Waals surface area contributed by atoms with Gasteiger partial charge in [0.25, 0.3) is 0 Å². The average molecular weight is 527 g/mol. The van der Waals surface area contributed by atoms with Gasteiger partial charge in [-0.15, -0.1) is 0 Å². The largest absolute Gasteiger partial charge is 0.416 e. The lowest BCUT2D eigenvalue weighted by Crippen LogP contribution is -2.31. The van der Waals surface area contributed by atoms with Crippen LogP contribution in [0, 0.1) is 0 Å². The van der Waals surface area contributed by atoms with Crippen molar-refractivity contribution in [3.8, 4) is 0 Å². The summed E-state index contributed by atoms with van der Waals surface area (Å²) in [6.45, 7) is 5.52. The second-order valence-corrected chi connectivity index (χ2v) is 8.88. The number of hydrogen-bond acceptors (Lipinski definition) is 3. The highest BCUT2D eigenvalue weighted by Crippen LogP contribution is 2.37. The lowest BCUT2D eigenvalue weighted by Gasteiger charge is -2.24. The van der Waals surface area contributed by atoms with Crippen LogP contribution >= 0.6 is 0 Å². The number of benzene rings is 1. The van der Waals surface area contributed by atoms with E-state index in [0.717, 1.165) is 23.6 Å². The Bertz CT molecular complexity index is 1200. The number of allylic oxidation sites excluding steroid dienone is 3. The van der Waals surface area contributed by atoms with Gasteiger partial charge in [-0.05, 0) is 55.2 Å². The van der Waals surface area contributed by atoms with Crippen LogP contribution in [0.25, 0.3) is 11.8 Å². The molecular formula is C27H28F6N2O2. The minimum Gasteiger partial charge on any atom is -0.408 e. The Balaban J connectivity index is 1.90. The van der Waals surface area contributed by atoms with E-state index in [1.165, 1.54) is 6.07 Å². The van der Waals surface area contributed by atoms with Crippen LogP contribution in [0.2, 0.25) is 0 Å². The lowest BCUT2D eigenvalue weighted by molar-refractivity contribution is -0.143. The lowest BCUT2D eigenvalue weighted by atomic mass is 9.93. The van der Waals surface area contributed by atoms with Gasteiger partial charge in [0.1, 0.15) is 6.29 Å².